The van der Waals surface area contributed by atoms with Gasteiger partial charge in [0.05, 0.1) is 17.0 Å². The first-order valence-corrected chi connectivity index (χ1v) is 11.4. The largest absolute Gasteiger partial charge is 0.388 e. The predicted octanol–water partition coefficient (Wildman–Crippen LogP) is 2.94. The Morgan fingerprint density at radius 2 is 1.69 bits per heavy atom. The highest BCUT2D eigenvalue weighted by molar-refractivity contribution is 14.0. The Morgan fingerprint density at radius 3 is 2.21 bits per heavy atom. The van der Waals surface area contributed by atoms with E-state index >= 15 is 0 Å². The van der Waals surface area contributed by atoms with Crippen LogP contribution in [0.5, 0.6) is 0 Å². The van der Waals surface area contributed by atoms with E-state index in [1.165, 1.54) is 18.4 Å². The van der Waals surface area contributed by atoms with Crippen molar-refractivity contribution in [2.45, 2.75) is 63.5 Å². The average molecular weight is 541 g/mol. The number of aliphatic imine (C=N–C) groups is 1. The maximum absolute atomic E-state index is 12.5. The van der Waals surface area contributed by atoms with Crippen LogP contribution in [-0.2, 0) is 16.6 Å². The molecule has 0 fully saturated rings. The Labute approximate surface area is 193 Å². The number of hydrogen-bond acceptors (Lipinski definition) is 4. The van der Waals surface area contributed by atoms with E-state index in [2.05, 4.69) is 29.5 Å². The zero-order valence-corrected chi connectivity index (χ0v) is 21.4. The molecule has 0 saturated carbocycles. The SMILES string of the molecule is CCCC(O)(CCC)CNC(=NCc1ccccc1S(=O)(=O)N(C)C)NCC.I. The fraction of sp³-hybridized carbons (Fsp3) is 0.650. The van der Waals surface area contributed by atoms with E-state index in [1.54, 1.807) is 24.3 Å². The van der Waals surface area contributed by atoms with Gasteiger partial charge in [-0.15, -0.1) is 24.0 Å². The van der Waals surface area contributed by atoms with Gasteiger partial charge in [-0.2, -0.15) is 0 Å². The van der Waals surface area contributed by atoms with Crippen LogP contribution in [0.2, 0.25) is 0 Å². The molecule has 1 aromatic carbocycles. The minimum Gasteiger partial charge on any atom is -0.388 e. The second-order valence-electron chi connectivity index (χ2n) is 7.17. The highest BCUT2D eigenvalue weighted by Crippen LogP contribution is 2.20. The first-order chi connectivity index (χ1) is 13.2. The van der Waals surface area contributed by atoms with E-state index in [1.807, 2.05) is 6.92 Å². The van der Waals surface area contributed by atoms with Crippen molar-refractivity contribution in [1.82, 2.24) is 14.9 Å². The van der Waals surface area contributed by atoms with Gasteiger partial charge in [-0.05, 0) is 31.4 Å². The molecular formula is C20H37IN4O3S. The first kappa shape index (κ1) is 28.1. The van der Waals surface area contributed by atoms with Crippen LogP contribution in [0.25, 0.3) is 0 Å². The lowest BCUT2D eigenvalue weighted by atomic mass is 9.93. The Bertz CT molecular complexity index is 733. The molecule has 0 heterocycles. The van der Waals surface area contributed by atoms with Crippen LogP contribution < -0.4 is 10.6 Å². The summed E-state index contributed by atoms with van der Waals surface area (Å²) in [7, 11) is -0.500. The standard InChI is InChI=1S/C20H36N4O3S.HI/c1-6-13-20(25,14-7-2)16-23-19(21-8-3)22-15-17-11-9-10-12-18(17)28(26,27)24(4)5;/h9-12,25H,6-8,13-16H2,1-5H3,(H2,21,22,23);1H. The lowest BCUT2D eigenvalue weighted by Gasteiger charge is -2.28. The van der Waals surface area contributed by atoms with Crippen LogP contribution in [0.15, 0.2) is 34.2 Å². The highest BCUT2D eigenvalue weighted by Gasteiger charge is 2.25. The molecule has 0 amide bonds. The summed E-state index contributed by atoms with van der Waals surface area (Å²) in [6.07, 6.45) is 3.25. The van der Waals surface area contributed by atoms with Gasteiger partial charge in [-0.1, -0.05) is 44.9 Å². The van der Waals surface area contributed by atoms with Crippen LogP contribution in [-0.4, -0.2) is 56.6 Å². The van der Waals surface area contributed by atoms with Crippen LogP contribution in [0.4, 0.5) is 0 Å². The summed E-state index contributed by atoms with van der Waals surface area (Å²) < 4.78 is 26.3. The van der Waals surface area contributed by atoms with Crippen molar-refractivity contribution in [2.24, 2.45) is 4.99 Å². The summed E-state index contributed by atoms with van der Waals surface area (Å²) in [5.74, 6) is 0.560. The van der Waals surface area contributed by atoms with Crippen LogP contribution >= 0.6 is 24.0 Å². The van der Waals surface area contributed by atoms with Crippen molar-refractivity contribution < 1.29 is 13.5 Å². The van der Waals surface area contributed by atoms with Gasteiger partial charge in [0, 0.05) is 27.2 Å². The van der Waals surface area contributed by atoms with Crippen molar-refractivity contribution >= 4 is 40.0 Å². The normalized spacial score (nSPS) is 12.6. The molecule has 0 aromatic heterocycles. The van der Waals surface area contributed by atoms with Crippen molar-refractivity contribution in [1.29, 1.82) is 0 Å². The van der Waals surface area contributed by atoms with E-state index < -0.39 is 15.6 Å². The van der Waals surface area contributed by atoms with Gasteiger partial charge in [0.15, 0.2) is 5.96 Å². The number of nitrogens with zero attached hydrogens (tertiary/aromatic N) is 2. The maximum atomic E-state index is 12.5. The van der Waals surface area contributed by atoms with E-state index in [9.17, 15) is 13.5 Å². The molecular weight excluding hydrogens is 503 g/mol. The van der Waals surface area contributed by atoms with Gasteiger partial charge in [0.2, 0.25) is 10.0 Å². The zero-order valence-electron chi connectivity index (χ0n) is 18.2. The summed E-state index contributed by atoms with van der Waals surface area (Å²) in [5.41, 5.74) is -0.142. The topological polar surface area (TPSA) is 94.0 Å². The Hall–Kier alpha value is -0.910. The monoisotopic (exact) mass is 540 g/mol. The Balaban J connectivity index is 0.00000784. The number of sulfonamides is 1. The van der Waals surface area contributed by atoms with E-state index in [-0.39, 0.29) is 35.4 Å². The number of aliphatic hydroxyl groups is 1. The minimum absolute atomic E-state index is 0. The van der Waals surface area contributed by atoms with Gasteiger partial charge in [0.25, 0.3) is 0 Å². The molecule has 7 nitrogen and oxygen atoms in total. The van der Waals surface area contributed by atoms with Crippen molar-refractivity contribution in [3.05, 3.63) is 29.8 Å². The van der Waals surface area contributed by atoms with Gasteiger partial charge >= 0.3 is 0 Å². The van der Waals surface area contributed by atoms with Gasteiger partial charge in [-0.3, -0.25) is 0 Å². The smallest absolute Gasteiger partial charge is 0.242 e. The number of rotatable bonds is 11. The van der Waals surface area contributed by atoms with E-state index in [4.69, 9.17) is 0 Å². The fourth-order valence-corrected chi connectivity index (χ4v) is 4.18. The second-order valence-corrected chi connectivity index (χ2v) is 9.29. The van der Waals surface area contributed by atoms with Gasteiger partial charge < -0.3 is 15.7 Å². The summed E-state index contributed by atoms with van der Waals surface area (Å²) in [6, 6.07) is 6.89. The number of guanidine groups is 1. The molecule has 0 saturated heterocycles. The second kappa shape index (κ2) is 13.4. The zero-order chi connectivity index (χ0) is 21.2. The molecule has 0 aliphatic rings. The third kappa shape index (κ3) is 8.77. The van der Waals surface area contributed by atoms with E-state index in [0.717, 1.165) is 25.7 Å². The number of hydrogen-bond donors (Lipinski definition) is 3. The van der Waals surface area contributed by atoms with E-state index in [0.29, 0.717) is 24.6 Å². The van der Waals surface area contributed by atoms with Crippen molar-refractivity contribution in [3.8, 4) is 0 Å². The molecule has 0 spiro atoms. The lowest BCUT2D eigenvalue weighted by Crippen LogP contribution is -2.47. The summed E-state index contributed by atoms with van der Waals surface area (Å²) in [6.45, 7) is 7.37. The third-order valence-electron chi connectivity index (χ3n) is 4.50. The fourth-order valence-electron chi connectivity index (χ4n) is 3.07. The first-order valence-electron chi connectivity index (χ1n) is 9.95. The van der Waals surface area contributed by atoms with Crippen molar-refractivity contribution in [2.75, 3.05) is 27.2 Å². The molecule has 1 aromatic rings. The predicted molar refractivity (Wildman–Crippen MR) is 130 cm³/mol. The Morgan fingerprint density at radius 1 is 1.10 bits per heavy atom. The lowest BCUT2D eigenvalue weighted by molar-refractivity contribution is 0.0257. The molecule has 1 rings (SSSR count). The number of benzene rings is 1. The van der Waals surface area contributed by atoms with Gasteiger partial charge in [0.1, 0.15) is 0 Å². The molecule has 29 heavy (non-hydrogen) atoms. The molecule has 0 bridgehead atoms. The van der Waals surface area contributed by atoms with Crippen LogP contribution in [0.1, 0.15) is 52.0 Å². The third-order valence-corrected chi connectivity index (χ3v) is 6.41. The molecule has 0 aliphatic heterocycles. The Kier molecular flexibility index (Phi) is 13.0. The highest BCUT2D eigenvalue weighted by atomic mass is 127. The quantitative estimate of drug-likeness (QED) is 0.228. The molecule has 3 N–H and O–H groups in total. The average Bonchev–Trinajstić information content (AvgIpc) is 2.64. The maximum Gasteiger partial charge on any atom is 0.242 e. The molecule has 9 heteroatoms. The summed E-state index contributed by atoms with van der Waals surface area (Å²) in [5, 5.41) is 17.2. The summed E-state index contributed by atoms with van der Waals surface area (Å²) in [4.78, 5) is 4.80. The summed E-state index contributed by atoms with van der Waals surface area (Å²) >= 11 is 0. The van der Waals surface area contributed by atoms with Gasteiger partial charge in [-0.25, -0.2) is 17.7 Å². The minimum atomic E-state index is -3.53. The molecule has 0 aliphatic carbocycles. The van der Waals surface area contributed by atoms with Crippen LogP contribution in [0.3, 0.4) is 0 Å². The number of halogens is 1. The van der Waals surface area contributed by atoms with Crippen molar-refractivity contribution in [3.63, 3.8) is 0 Å². The molecule has 0 unspecified atom stereocenters. The molecule has 168 valence electrons. The van der Waals surface area contributed by atoms with Crippen LogP contribution in [0, 0.1) is 0 Å². The molecule has 0 atom stereocenters. The number of nitrogens with one attached hydrogen (secondary N) is 2. The molecule has 0 radical (unpaired) electrons.